The first kappa shape index (κ1) is 13.7. The second-order valence-electron chi connectivity index (χ2n) is 2.95. The van der Waals surface area contributed by atoms with Gasteiger partial charge >= 0.3 is 11.4 Å². The third-order valence-electron chi connectivity index (χ3n) is 1.64. The van der Waals surface area contributed by atoms with E-state index in [4.69, 9.17) is 0 Å². The lowest BCUT2D eigenvalue weighted by Gasteiger charge is -2.08. The Morgan fingerprint density at radius 2 is 1.71 bits per heavy atom. The van der Waals surface area contributed by atoms with Gasteiger partial charge in [-0.05, 0) is 29.3 Å². The molecule has 1 aromatic carbocycles. The molecule has 0 bridgehead atoms. The van der Waals surface area contributed by atoms with Crippen molar-refractivity contribution in [2.75, 3.05) is 0 Å². The number of rotatable bonds is 3. The molecule has 0 unspecified atom stereocenters. The van der Waals surface area contributed by atoms with E-state index in [0.717, 1.165) is 0 Å². The number of carbonyl (C=O) groups excluding carboxylic acids is 1. The lowest BCUT2D eigenvalue weighted by Crippen LogP contribution is -2.24. The van der Waals surface area contributed by atoms with E-state index in [-0.39, 0.29) is 5.56 Å². The zero-order valence-corrected chi connectivity index (χ0v) is 8.70. The Labute approximate surface area is 96.9 Å². The van der Waals surface area contributed by atoms with Crippen molar-refractivity contribution in [2.24, 2.45) is 0 Å². The van der Waals surface area contributed by atoms with Crippen LogP contribution in [-0.2, 0) is 16.1 Å². The molecule has 0 radical (unpaired) electrons. The normalized spacial score (nSPS) is 11.4. The number of esters is 1. The van der Waals surface area contributed by atoms with Gasteiger partial charge in [-0.25, -0.2) is 18.0 Å². The van der Waals surface area contributed by atoms with E-state index in [9.17, 15) is 26.7 Å². The van der Waals surface area contributed by atoms with Crippen LogP contribution in [0, 0.1) is 17.5 Å². The Hall–Kier alpha value is -1.37. The van der Waals surface area contributed by atoms with Crippen molar-refractivity contribution < 1.29 is 31.5 Å². The van der Waals surface area contributed by atoms with E-state index in [2.05, 4.69) is 16.3 Å². The zero-order chi connectivity index (χ0) is 13.2. The number of halogens is 6. The van der Waals surface area contributed by atoms with Crippen LogP contribution in [0.4, 0.5) is 22.0 Å². The molecule has 0 amide bonds. The van der Waals surface area contributed by atoms with Gasteiger partial charge in [0.2, 0.25) is 0 Å². The maximum Gasteiger partial charge on any atom is 0.417 e. The molecule has 1 aromatic rings. The number of benzene rings is 1. The average molecular weight is 275 g/mol. The fourth-order valence-corrected chi connectivity index (χ4v) is 0.977. The first-order valence-corrected chi connectivity index (χ1v) is 4.47. The molecule has 17 heavy (non-hydrogen) atoms. The zero-order valence-electron chi connectivity index (χ0n) is 7.95. The molecule has 0 fully saturated rings. The summed E-state index contributed by atoms with van der Waals surface area (Å²) in [5.41, 5.74) is -0.323. The fraction of sp³-hybridized carbons (Fsp3) is 0.222. The summed E-state index contributed by atoms with van der Waals surface area (Å²) < 4.78 is 66.1. The molecule has 94 valence electrons. The van der Waals surface area contributed by atoms with Crippen LogP contribution in [0.5, 0.6) is 0 Å². The van der Waals surface area contributed by atoms with Gasteiger partial charge in [-0.1, -0.05) is 0 Å². The highest BCUT2D eigenvalue weighted by molar-refractivity contribution is 6.31. The van der Waals surface area contributed by atoms with Crippen molar-refractivity contribution in [1.29, 1.82) is 0 Å². The minimum atomic E-state index is -4.23. The number of carbonyl (C=O) groups is 1. The molecule has 8 heteroatoms. The largest absolute Gasteiger partial charge is 0.455 e. The van der Waals surface area contributed by atoms with Crippen molar-refractivity contribution in [2.45, 2.75) is 12.0 Å². The summed E-state index contributed by atoms with van der Waals surface area (Å²) in [5, 5.41) is -4.23. The molecule has 0 aliphatic rings. The fourth-order valence-electron chi connectivity index (χ4n) is 0.922. The Bertz CT molecular complexity index is 420. The highest BCUT2D eigenvalue weighted by atomic mass is 35.5. The maximum atomic E-state index is 12.7. The molecule has 0 atom stereocenters. The van der Waals surface area contributed by atoms with E-state index in [1.165, 1.54) is 0 Å². The van der Waals surface area contributed by atoms with E-state index in [0.29, 0.717) is 12.1 Å². The molecule has 0 N–H and O–H groups in total. The number of ether oxygens (including phenoxy) is 1. The van der Waals surface area contributed by atoms with Gasteiger partial charge in [0, 0.05) is 0 Å². The predicted molar refractivity (Wildman–Crippen MR) is 46.9 cm³/mol. The van der Waals surface area contributed by atoms with Gasteiger partial charge in [0.15, 0.2) is 17.5 Å². The van der Waals surface area contributed by atoms with Gasteiger partial charge < -0.3 is 4.74 Å². The van der Waals surface area contributed by atoms with Gasteiger partial charge in [-0.3, -0.25) is 0 Å². The Morgan fingerprint density at radius 3 is 2.12 bits per heavy atom. The van der Waals surface area contributed by atoms with E-state index < -0.39 is 35.4 Å². The summed E-state index contributed by atoms with van der Waals surface area (Å²) in [6.45, 7) is -0.852. The topological polar surface area (TPSA) is 26.3 Å². The molecule has 0 aliphatic heterocycles. The van der Waals surface area contributed by atoms with E-state index >= 15 is 0 Å². The van der Waals surface area contributed by atoms with Gasteiger partial charge in [0.05, 0.1) is 0 Å². The summed E-state index contributed by atoms with van der Waals surface area (Å²) in [6, 6.07) is 1.02. The summed E-state index contributed by atoms with van der Waals surface area (Å²) >= 11 is 4.32. The first-order valence-electron chi connectivity index (χ1n) is 4.09. The highest BCUT2D eigenvalue weighted by Crippen LogP contribution is 2.21. The Kier molecular flexibility index (Phi) is 3.92. The smallest absolute Gasteiger partial charge is 0.417 e. The molecule has 0 saturated heterocycles. The molecule has 0 saturated carbocycles. The molecule has 0 aliphatic carbocycles. The van der Waals surface area contributed by atoms with Crippen molar-refractivity contribution in [3.63, 3.8) is 0 Å². The summed E-state index contributed by atoms with van der Waals surface area (Å²) in [6.07, 6.45) is 0. The molecular formula is C9H4ClF5O2. The minimum Gasteiger partial charge on any atom is -0.455 e. The minimum absolute atomic E-state index is 0.323. The molecule has 0 spiro atoms. The summed E-state index contributed by atoms with van der Waals surface area (Å²) in [4.78, 5) is 10.5. The number of hydrogen-bond donors (Lipinski definition) is 0. The second-order valence-corrected chi connectivity index (χ2v) is 3.42. The quantitative estimate of drug-likeness (QED) is 0.367. The summed E-state index contributed by atoms with van der Waals surface area (Å²) in [7, 11) is 0. The number of hydrogen-bond acceptors (Lipinski definition) is 2. The second kappa shape index (κ2) is 4.87. The van der Waals surface area contributed by atoms with Crippen molar-refractivity contribution in [3.8, 4) is 0 Å². The predicted octanol–water partition coefficient (Wildman–Crippen LogP) is 2.98. The molecule has 1 rings (SSSR count). The monoisotopic (exact) mass is 274 g/mol. The van der Waals surface area contributed by atoms with Crippen LogP contribution in [0.2, 0.25) is 0 Å². The van der Waals surface area contributed by atoms with Crippen molar-refractivity contribution in [3.05, 3.63) is 35.1 Å². The van der Waals surface area contributed by atoms with E-state index in [1.807, 2.05) is 0 Å². The van der Waals surface area contributed by atoms with Crippen LogP contribution < -0.4 is 0 Å². The van der Waals surface area contributed by atoms with Gasteiger partial charge in [-0.2, -0.15) is 8.78 Å². The Balaban J connectivity index is 2.74. The average Bonchev–Trinajstić information content (AvgIpc) is 2.20. The molecular weight excluding hydrogens is 271 g/mol. The van der Waals surface area contributed by atoms with Crippen LogP contribution in [0.3, 0.4) is 0 Å². The first-order chi connectivity index (χ1) is 7.71. The maximum absolute atomic E-state index is 12.7. The summed E-state index contributed by atoms with van der Waals surface area (Å²) in [5.74, 6) is -6.81. The van der Waals surface area contributed by atoms with Gasteiger partial charge in [0.25, 0.3) is 0 Å². The third kappa shape index (κ3) is 3.55. The standard InChI is InChI=1S/C9H4ClF5O2/c10-9(14,15)8(16)17-3-4-1-5(11)7(13)6(12)2-4/h1-2H,3H2. The molecule has 0 heterocycles. The molecule has 0 aromatic heterocycles. The SMILES string of the molecule is O=C(OCc1cc(F)c(F)c(F)c1)C(F)(F)Cl. The third-order valence-corrected chi connectivity index (χ3v) is 1.80. The number of alkyl halides is 3. The van der Waals surface area contributed by atoms with Crippen molar-refractivity contribution in [1.82, 2.24) is 0 Å². The van der Waals surface area contributed by atoms with Crippen LogP contribution in [0.25, 0.3) is 0 Å². The van der Waals surface area contributed by atoms with Crippen molar-refractivity contribution >= 4 is 17.6 Å². The van der Waals surface area contributed by atoms with Gasteiger partial charge in [0.1, 0.15) is 6.61 Å². The lowest BCUT2D eigenvalue weighted by molar-refractivity contribution is -0.162. The van der Waals surface area contributed by atoms with E-state index in [1.54, 1.807) is 0 Å². The van der Waals surface area contributed by atoms with Crippen LogP contribution in [0.15, 0.2) is 12.1 Å². The lowest BCUT2D eigenvalue weighted by atomic mass is 10.2. The Morgan fingerprint density at radius 1 is 1.24 bits per heavy atom. The van der Waals surface area contributed by atoms with Gasteiger partial charge in [-0.15, -0.1) is 0 Å². The molecule has 2 nitrogen and oxygen atoms in total. The van der Waals surface area contributed by atoms with Crippen LogP contribution >= 0.6 is 11.6 Å². The van der Waals surface area contributed by atoms with Crippen LogP contribution in [-0.4, -0.2) is 11.4 Å². The van der Waals surface area contributed by atoms with Crippen LogP contribution in [0.1, 0.15) is 5.56 Å². The highest BCUT2D eigenvalue weighted by Gasteiger charge is 2.37.